The first-order chi connectivity index (χ1) is 23.7. The second kappa shape index (κ2) is 15.0. The van der Waals surface area contributed by atoms with Crippen LogP contribution < -0.4 is 14.2 Å². The molecule has 0 unspecified atom stereocenters. The van der Waals surface area contributed by atoms with Crippen LogP contribution in [0.25, 0.3) is 29.3 Å². The molecule has 49 heavy (non-hydrogen) atoms. The third kappa shape index (κ3) is 8.25. The summed E-state index contributed by atoms with van der Waals surface area (Å²) in [4.78, 5) is 20.3. The fourth-order valence-electron chi connectivity index (χ4n) is 4.97. The van der Waals surface area contributed by atoms with Crippen molar-refractivity contribution >= 4 is 29.5 Å². The van der Waals surface area contributed by atoms with Crippen LogP contribution >= 0.6 is 11.3 Å². The quantitative estimate of drug-likeness (QED) is 0.121. The smallest absolute Gasteiger partial charge is 0.307 e. The normalized spacial score (nSPS) is 11.4. The number of benzene rings is 3. The summed E-state index contributed by atoms with van der Waals surface area (Å²) in [5, 5.41) is 16.9. The topological polar surface area (TPSA) is 122 Å². The predicted molar refractivity (Wildman–Crippen MR) is 188 cm³/mol. The Morgan fingerprint density at radius 3 is 2.45 bits per heavy atom. The summed E-state index contributed by atoms with van der Waals surface area (Å²) in [7, 11) is 1.59. The summed E-state index contributed by atoms with van der Waals surface area (Å²) >= 11 is 1.66. The highest BCUT2D eigenvalue weighted by molar-refractivity contribution is 7.09. The van der Waals surface area contributed by atoms with Gasteiger partial charge in [0.2, 0.25) is 11.8 Å². The second-order valence-corrected chi connectivity index (χ2v) is 12.5. The average molecular weight is 677 g/mol. The Bertz CT molecular complexity index is 2060. The van der Waals surface area contributed by atoms with Crippen LogP contribution in [-0.4, -0.2) is 37.9 Å². The van der Waals surface area contributed by atoms with E-state index in [0.29, 0.717) is 46.2 Å². The number of thiazole rings is 1. The number of nitrogens with zero attached hydrogens (tertiary/aromatic N) is 4. The van der Waals surface area contributed by atoms with Crippen molar-refractivity contribution in [1.82, 2.24) is 19.7 Å². The van der Waals surface area contributed by atoms with Crippen molar-refractivity contribution in [2.75, 3.05) is 7.11 Å². The molecule has 0 aliphatic carbocycles. The van der Waals surface area contributed by atoms with Crippen LogP contribution in [0.5, 0.6) is 17.4 Å². The molecule has 0 radical (unpaired) electrons. The minimum atomic E-state index is -0.879. The maximum Gasteiger partial charge on any atom is 0.307 e. The third-order valence-corrected chi connectivity index (χ3v) is 8.78. The summed E-state index contributed by atoms with van der Waals surface area (Å²) in [6.07, 6.45) is 5.86. The average Bonchev–Trinajstić information content (AvgIpc) is 3.85. The van der Waals surface area contributed by atoms with Gasteiger partial charge in [0.25, 0.3) is 0 Å². The van der Waals surface area contributed by atoms with Crippen molar-refractivity contribution in [2.24, 2.45) is 0 Å². The Hall–Kier alpha value is -5.68. The molecule has 0 aliphatic heterocycles. The molecule has 3 heterocycles. The van der Waals surface area contributed by atoms with Gasteiger partial charge in [-0.2, -0.15) is 0 Å². The van der Waals surface area contributed by atoms with Crippen LogP contribution in [0.4, 0.5) is 0 Å². The SMILES string of the molecule is COc1cc(COc2nn(-c3ccccc3)cc2/C=C/c2csc(C(C)C)n2)ccc1OCc1nc(-c2ccc(CC(=O)O)cc2)oc1C. The van der Waals surface area contributed by atoms with E-state index in [4.69, 9.17) is 33.8 Å². The molecule has 0 saturated carbocycles. The number of rotatable bonds is 14. The number of carboxylic acid groups (broad SMARTS) is 1. The van der Waals surface area contributed by atoms with Gasteiger partial charge >= 0.3 is 5.97 Å². The first-order valence-corrected chi connectivity index (χ1v) is 16.6. The molecule has 0 atom stereocenters. The number of hydrogen-bond donors (Lipinski definition) is 1. The molecule has 0 saturated heterocycles. The van der Waals surface area contributed by atoms with Crippen LogP contribution in [-0.2, 0) is 24.4 Å². The first-order valence-electron chi connectivity index (χ1n) is 15.7. The van der Waals surface area contributed by atoms with Crippen molar-refractivity contribution in [3.05, 3.63) is 123 Å². The first kappa shape index (κ1) is 33.2. The number of para-hydroxylation sites is 1. The lowest BCUT2D eigenvalue weighted by atomic mass is 10.1. The molecule has 0 aliphatic rings. The Kier molecular flexibility index (Phi) is 10.2. The molecule has 250 valence electrons. The van der Waals surface area contributed by atoms with Gasteiger partial charge in [0.15, 0.2) is 11.5 Å². The molecule has 1 N–H and O–H groups in total. The minimum absolute atomic E-state index is 0.0407. The van der Waals surface area contributed by atoms with E-state index in [1.807, 2.05) is 73.8 Å². The highest BCUT2D eigenvalue weighted by Crippen LogP contribution is 2.31. The molecule has 11 heteroatoms. The number of ether oxygens (including phenoxy) is 3. The van der Waals surface area contributed by atoms with Crippen molar-refractivity contribution < 1.29 is 28.5 Å². The highest BCUT2D eigenvalue weighted by atomic mass is 32.1. The molecule has 0 amide bonds. The molecule has 6 rings (SSSR count). The number of methoxy groups -OCH3 is 1. The van der Waals surface area contributed by atoms with Gasteiger partial charge in [-0.25, -0.2) is 14.6 Å². The van der Waals surface area contributed by atoms with Gasteiger partial charge in [0.1, 0.15) is 24.7 Å². The highest BCUT2D eigenvalue weighted by Gasteiger charge is 2.16. The molecular weight excluding hydrogens is 641 g/mol. The zero-order valence-corrected chi connectivity index (χ0v) is 28.4. The Balaban J connectivity index is 1.14. The maximum absolute atomic E-state index is 11.0. The summed E-state index contributed by atoms with van der Waals surface area (Å²) in [5.41, 5.74) is 5.63. The third-order valence-electron chi connectivity index (χ3n) is 7.61. The monoisotopic (exact) mass is 676 g/mol. The minimum Gasteiger partial charge on any atom is -0.493 e. The number of carboxylic acids is 1. The molecule has 0 spiro atoms. The lowest BCUT2D eigenvalue weighted by Gasteiger charge is -2.12. The molecule has 10 nitrogen and oxygen atoms in total. The van der Waals surface area contributed by atoms with Crippen molar-refractivity contribution in [1.29, 1.82) is 0 Å². The molecule has 3 aromatic heterocycles. The standard InChI is InChI=1S/C38H36N4O6S/c1-24(2)38-39-30(23-49-38)16-15-29-20-42(31-8-6-5-7-9-31)41-37(29)47-21-27-12-17-33(34(18-27)45-4)46-22-32-25(3)48-36(40-32)28-13-10-26(11-14-28)19-35(43)44/h5-18,20,23-24H,19,21-22H2,1-4H3,(H,43,44)/b16-15+. The van der Waals surface area contributed by atoms with E-state index in [1.165, 1.54) is 0 Å². The molecule has 0 bridgehead atoms. The zero-order valence-electron chi connectivity index (χ0n) is 27.6. The van der Waals surface area contributed by atoms with E-state index in [-0.39, 0.29) is 19.6 Å². The van der Waals surface area contributed by atoms with Crippen molar-refractivity contribution in [2.45, 2.75) is 46.3 Å². The van der Waals surface area contributed by atoms with Gasteiger partial charge in [-0.1, -0.05) is 50.2 Å². The maximum atomic E-state index is 11.0. The molecule has 3 aromatic carbocycles. The zero-order chi connectivity index (χ0) is 34.3. The lowest BCUT2D eigenvalue weighted by molar-refractivity contribution is -0.136. The van der Waals surface area contributed by atoms with Crippen LogP contribution in [0.15, 0.2) is 88.8 Å². The van der Waals surface area contributed by atoms with Crippen LogP contribution in [0.3, 0.4) is 0 Å². The van der Waals surface area contributed by atoms with E-state index >= 15 is 0 Å². The van der Waals surface area contributed by atoms with E-state index in [1.54, 1.807) is 47.4 Å². The summed E-state index contributed by atoms with van der Waals surface area (Å²) in [6, 6.07) is 22.6. The number of aryl methyl sites for hydroxylation is 1. The second-order valence-electron chi connectivity index (χ2n) is 11.6. The van der Waals surface area contributed by atoms with E-state index in [0.717, 1.165) is 33.1 Å². The van der Waals surface area contributed by atoms with Crippen molar-refractivity contribution in [3.63, 3.8) is 0 Å². The number of aliphatic carboxylic acids is 1. The van der Waals surface area contributed by atoms with Gasteiger partial charge in [-0.15, -0.1) is 16.4 Å². The lowest BCUT2D eigenvalue weighted by Crippen LogP contribution is -2.02. The molecular formula is C38H36N4O6S. The van der Waals surface area contributed by atoms with Crippen LogP contribution in [0, 0.1) is 6.92 Å². The molecule has 0 fully saturated rings. The number of aromatic nitrogens is 4. The Labute approximate surface area is 288 Å². The van der Waals surface area contributed by atoms with Crippen LogP contribution in [0.2, 0.25) is 0 Å². The number of oxazole rings is 1. The fraction of sp³-hybridized carbons (Fsp3) is 0.211. The fourth-order valence-corrected chi connectivity index (χ4v) is 5.78. The van der Waals surface area contributed by atoms with Gasteiger partial charge in [-0.3, -0.25) is 4.79 Å². The Morgan fingerprint density at radius 2 is 1.73 bits per heavy atom. The van der Waals surface area contributed by atoms with Gasteiger partial charge < -0.3 is 23.7 Å². The van der Waals surface area contributed by atoms with E-state index in [2.05, 4.69) is 24.2 Å². The van der Waals surface area contributed by atoms with E-state index < -0.39 is 5.97 Å². The number of carbonyl (C=O) groups is 1. The van der Waals surface area contributed by atoms with Gasteiger partial charge in [0, 0.05) is 23.1 Å². The Morgan fingerprint density at radius 1 is 0.959 bits per heavy atom. The number of hydrogen-bond acceptors (Lipinski definition) is 9. The molecule has 6 aromatic rings. The van der Waals surface area contributed by atoms with Gasteiger partial charge in [-0.05, 0) is 66.6 Å². The predicted octanol–water partition coefficient (Wildman–Crippen LogP) is 8.38. The summed E-state index contributed by atoms with van der Waals surface area (Å²) in [5.74, 6) is 2.16. The van der Waals surface area contributed by atoms with Crippen molar-refractivity contribution in [3.8, 4) is 34.5 Å². The summed E-state index contributed by atoms with van der Waals surface area (Å²) in [6.45, 7) is 6.53. The summed E-state index contributed by atoms with van der Waals surface area (Å²) < 4.78 is 25.7. The van der Waals surface area contributed by atoms with Gasteiger partial charge in [0.05, 0.1) is 35.5 Å². The largest absolute Gasteiger partial charge is 0.493 e. The van der Waals surface area contributed by atoms with E-state index in [9.17, 15) is 4.79 Å². The van der Waals surface area contributed by atoms with Crippen LogP contribution in [0.1, 0.15) is 58.6 Å².